The molecule has 35 heavy (non-hydrogen) atoms. The molecule has 1 aliphatic carbocycles. The number of pyridine rings is 1. The monoisotopic (exact) mass is 498 g/mol. The number of hydrogen-bond donors (Lipinski definition) is 2. The van der Waals surface area contributed by atoms with Gasteiger partial charge in [-0.15, -0.1) is 0 Å². The Hall–Kier alpha value is -1.91. The van der Waals surface area contributed by atoms with Crippen LogP contribution in [0.3, 0.4) is 0 Å². The summed E-state index contributed by atoms with van der Waals surface area (Å²) in [5, 5.41) is 14.9. The molecule has 0 aromatic carbocycles. The molecule has 2 N–H and O–H groups in total. The normalized spacial score (nSPS) is 30.5. The molecule has 2 aliphatic heterocycles. The van der Waals surface area contributed by atoms with Crippen LogP contribution in [0, 0.1) is 11.3 Å². The van der Waals surface area contributed by atoms with E-state index in [2.05, 4.69) is 17.2 Å². The molecular weight excluding hydrogens is 461 g/mol. The Labute approximate surface area is 205 Å². The smallest absolute Gasteiger partial charge is 0.389 e. The number of halogens is 3. The Morgan fingerprint density at radius 3 is 2.57 bits per heavy atom. The van der Waals surface area contributed by atoms with Gasteiger partial charge >= 0.3 is 6.18 Å². The van der Waals surface area contributed by atoms with Crippen LogP contribution in [0.4, 0.5) is 19.0 Å². The van der Waals surface area contributed by atoms with Crippen molar-refractivity contribution in [2.24, 2.45) is 11.3 Å². The third-order valence-electron chi connectivity index (χ3n) is 8.15. The van der Waals surface area contributed by atoms with E-state index in [1.165, 1.54) is 6.20 Å². The highest BCUT2D eigenvalue weighted by atomic mass is 19.4. The summed E-state index contributed by atoms with van der Waals surface area (Å²) in [6.45, 7) is 8.60. The zero-order valence-corrected chi connectivity index (χ0v) is 20.8. The summed E-state index contributed by atoms with van der Waals surface area (Å²) in [7, 11) is 0. The maximum Gasteiger partial charge on any atom is 0.416 e. The lowest BCUT2D eigenvalue weighted by Crippen LogP contribution is -2.59. The average Bonchev–Trinajstić information content (AvgIpc) is 3.25. The Kier molecular flexibility index (Phi) is 7.37. The first-order chi connectivity index (χ1) is 16.4. The Morgan fingerprint density at radius 2 is 1.94 bits per heavy atom. The quantitative estimate of drug-likeness (QED) is 0.650. The fraction of sp³-hybridized carbons (Fsp3) is 0.760. The van der Waals surface area contributed by atoms with Crippen LogP contribution < -0.4 is 10.2 Å². The number of ether oxygens (including phenoxy) is 1. The van der Waals surface area contributed by atoms with Gasteiger partial charge in [0.1, 0.15) is 5.82 Å². The van der Waals surface area contributed by atoms with Crippen molar-refractivity contribution in [1.29, 1.82) is 0 Å². The first-order valence-electron chi connectivity index (χ1n) is 12.5. The number of carbonyl (C=O) groups excluding carboxylic acids is 1. The maximum atomic E-state index is 13.8. The molecule has 2 saturated heterocycles. The van der Waals surface area contributed by atoms with Crippen LogP contribution in [-0.4, -0.2) is 78.0 Å². The topological polar surface area (TPSA) is 77.9 Å². The Bertz CT molecular complexity index is 899. The minimum Gasteiger partial charge on any atom is -0.389 e. The second kappa shape index (κ2) is 9.86. The van der Waals surface area contributed by atoms with E-state index >= 15 is 0 Å². The minimum atomic E-state index is -4.43. The molecule has 4 rings (SSSR count). The molecule has 0 radical (unpaired) electrons. The lowest BCUT2D eigenvalue weighted by atomic mass is 9.70. The van der Waals surface area contributed by atoms with E-state index in [0.717, 1.165) is 38.2 Å². The number of rotatable bonds is 5. The molecule has 1 amide bonds. The first kappa shape index (κ1) is 26.2. The van der Waals surface area contributed by atoms with Crippen LogP contribution >= 0.6 is 0 Å². The van der Waals surface area contributed by atoms with E-state index in [1.54, 1.807) is 23.6 Å². The summed E-state index contributed by atoms with van der Waals surface area (Å²) < 4.78 is 44.8. The van der Waals surface area contributed by atoms with Gasteiger partial charge in [0.15, 0.2) is 0 Å². The molecule has 0 bridgehead atoms. The number of amides is 1. The van der Waals surface area contributed by atoms with Crippen LogP contribution in [0.2, 0.25) is 0 Å². The molecule has 1 aromatic rings. The molecule has 3 heterocycles. The standard InChI is InChI=1S/C25H37F3N4O3/c1-17-16-35-13-6-20(17)30-19-4-7-24(15-19,23(2,3)34)22(33)32-11-9-31(10-12-32)21-14-18(5-8-29-21)25(26,27)28/h5,8,14,17,19-20,30,34H,4,6-7,9-13,15-16H2,1-3H3/t17?,19-,20?,24+/m0/s1. The summed E-state index contributed by atoms with van der Waals surface area (Å²) in [5.41, 5.74) is -2.82. The zero-order valence-electron chi connectivity index (χ0n) is 20.8. The number of anilines is 1. The van der Waals surface area contributed by atoms with Crippen LogP contribution in [0.15, 0.2) is 18.3 Å². The summed E-state index contributed by atoms with van der Waals surface area (Å²) in [6.07, 6.45) is -0.344. The Morgan fingerprint density at radius 1 is 1.23 bits per heavy atom. The van der Waals surface area contributed by atoms with E-state index in [0.29, 0.717) is 51.0 Å². The zero-order chi connectivity index (χ0) is 25.4. The van der Waals surface area contributed by atoms with E-state index in [9.17, 15) is 23.1 Å². The molecule has 10 heteroatoms. The van der Waals surface area contributed by atoms with Gasteiger partial charge in [-0.05, 0) is 57.6 Å². The van der Waals surface area contributed by atoms with Crippen molar-refractivity contribution in [2.45, 2.75) is 70.3 Å². The van der Waals surface area contributed by atoms with Crippen LogP contribution in [0.1, 0.15) is 52.0 Å². The number of hydrogen-bond acceptors (Lipinski definition) is 6. The van der Waals surface area contributed by atoms with Crippen LogP contribution in [0.5, 0.6) is 0 Å². The SMILES string of the molecule is CC1COCCC1N[C@H]1CC[C@@](C(=O)N2CCN(c3cc(C(F)(F)F)ccn3)CC2)(C(C)(C)O)C1. The highest BCUT2D eigenvalue weighted by Gasteiger charge is 2.56. The fourth-order valence-electron chi connectivity index (χ4n) is 5.84. The first-order valence-corrected chi connectivity index (χ1v) is 12.5. The third kappa shape index (κ3) is 5.44. The number of aliphatic hydroxyl groups is 1. The summed E-state index contributed by atoms with van der Waals surface area (Å²) in [4.78, 5) is 21.5. The van der Waals surface area contributed by atoms with Crippen LogP contribution in [0.25, 0.3) is 0 Å². The molecule has 0 spiro atoms. The van der Waals surface area contributed by atoms with E-state index in [1.807, 2.05) is 0 Å². The minimum absolute atomic E-state index is 0.0639. The number of aromatic nitrogens is 1. The van der Waals surface area contributed by atoms with E-state index < -0.39 is 22.8 Å². The fourth-order valence-corrected chi connectivity index (χ4v) is 5.84. The molecule has 1 saturated carbocycles. The van der Waals surface area contributed by atoms with Crippen molar-refractivity contribution in [3.05, 3.63) is 23.9 Å². The number of nitrogens with one attached hydrogen (secondary N) is 1. The number of piperazine rings is 1. The number of nitrogens with zero attached hydrogens (tertiary/aromatic N) is 3. The van der Waals surface area contributed by atoms with Gasteiger partial charge in [0.25, 0.3) is 0 Å². The summed E-state index contributed by atoms with van der Waals surface area (Å²) in [5.74, 6) is 0.597. The van der Waals surface area contributed by atoms with Crippen molar-refractivity contribution in [1.82, 2.24) is 15.2 Å². The van der Waals surface area contributed by atoms with E-state index in [-0.39, 0.29) is 17.8 Å². The van der Waals surface area contributed by atoms with Crippen molar-refractivity contribution in [3.8, 4) is 0 Å². The lowest BCUT2D eigenvalue weighted by molar-refractivity contribution is -0.158. The summed E-state index contributed by atoms with van der Waals surface area (Å²) >= 11 is 0. The molecule has 2 unspecified atom stereocenters. The molecule has 3 aliphatic rings. The second-order valence-electron chi connectivity index (χ2n) is 10.9. The van der Waals surface area contributed by atoms with E-state index in [4.69, 9.17) is 4.74 Å². The predicted octanol–water partition coefficient (Wildman–Crippen LogP) is 3.07. The van der Waals surface area contributed by atoms with Gasteiger partial charge in [0.05, 0.1) is 23.2 Å². The highest BCUT2D eigenvalue weighted by molar-refractivity contribution is 5.85. The average molecular weight is 499 g/mol. The van der Waals surface area contributed by atoms with Gasteiger partial charge in [0, 0.05) is 51.1 Å². The van der Waals surface area contributed by atoms with Crippen molar-refractivity contribution >= 4 is 11.7 Å². The number of carbonyl (C=O) groups is 1. The largest absolute Gasteiger partial charge is 0.416 e. The van der Waals surface area contributed by atoms with Gasteiger partial charge in [-0.2, -0.15) is 13.2 Å². The van der Waals surface area contributed by atoms with Crippen molar-refractivity contribution < 1.29 is 27.8 Å². The molecule has 196 valence electrons. The molecule has 3 fully saturated rings. The highest BCUT2D eigenvalue weighted by Crippen LogP contribution is 2.48. The van der Waals surface area contributed by atoms with Gasteiger partial charge in [-0.3, -0.25) is 4.79 Å². The third-order valence-corrected chi connectivity index (χ3v) is 8.15. The van der Waals surface area contributed by atoms with Crippen molar-refractivity contribution in [3.63, 3.8) is 0 Å². The summed E-state index contributed by atoms with van der Waals surface area (Å²) in [6, 6.07) is 2.50. The molecule has 7 nitrogen and oxygen atoms in total. The van der Waals surface area contributed by atoms with Gasteiger partial charge in [-0.25, -0.2) is 4.98 Å². The van der Waals surface area contributed by atoms with Crippen molar-refractivity contribution in [2.75, 3.05) is 44.3 Å². The Balaban J connectivity index is 1.42. The molecular formula is C25H37F3N4O3. The van der Waals surface area contributed by atoms with Gasteiger partial charge < -0.3 is 25.0 Å². The maximum absolute atomic E-state index is 13.8. The number of alkyl halides is 3. The molecule has 1 aromatic heterocycles. The second-order valence-corrected chi connectivity index (χ2v) is 10.9. The van der Waals surface area contributed by atoms with Gasteiger partial charge in [0.2, 0.25) is 5.91 Å². The lowest BCUT2D eigenvalue weighted by Gasteiger charge is -2.45. The predicted molar refractivity (Wildman–Crippen MR) is 126 cm³/mol. The van der Waals surface area contributed by atoms with Crippen LogP contribution in [-0.2, 0) is 15.7 Å². The molecule has 4 atom stereocenters. The van der Waals surface area contributed by atoms with Gasteiger partial charge in [-0.1, -0.05) is 6.92 Å².